The summed E-state index contributed by atoms with van der Waals surface area (Å²) in [6, 6.07) is 12.6. The highest BCUT2D eigenvalue weighted by atomic mass is 16.6. The van der Waals surface area contributed by atoms with Crippen molar-refractivity contribution in [3.63, 3.8) is 0 Å². The van der Waals surface area contributed by atoms with Gasteiger partial charge < -0.3 is 5.32 Å². The van der Waals surface area contributed by atoms with Gasteiger partial charge in [-0.25, -0.2) is 0 Å². The molecule has 0 aliphatic rings. The first-order valence-corrected chi connectivity index (χ1v) is 8.67. The molecule has 0 bridgehead atoms. The summed E-state index contributed by atoms with van der Waals surface area (Å²) in [5.74, 6) is -0.359. The third-order valence-electron chi connectivity index (χ3n) is 4.13. The van der Waals surface area contributed by atoms with Crippen molar-refractivity contribution >= 4 is 11.6 Å². The molecule has 2 N–H and O–H groups in total. The van der Waals surface area contributed by atoms with Crippen molar-refractivity contribution in [2.24, 2.45) is 0 Å². The third-order valence-corrected chi connectivity index (χ3v) is 4.13. The number of carbonyl (C=O) groups excluding carboxylic acids is 1. The molecule has 2 heterocycles. The first-order valence-electron chi connectivity index (χ1n) is 8.67. The lowest BCUT2D eigenvalue weighted by atomic mass is 10.0. The molecule has 8 heteroatoms. The molecule has 8 nitrogen and oxygen atoms in total. The van der Waals surface area contributed by atoms with Gasteiger partial charge in [-0.3, -0.25) is 30.2 Å². The standard InChI is InChI=1S/C20H19N5O3/c26-20(24-14-16-6-4-10-22-12-16)19(23-13-15-5-3-9-21-11-15)17-7-1-2-8-18(17)25(27)28/h1-12,19,23H,13-14H2,(H,24,26). The van der Waals surface area contributed by atoms with E-state index < -0.39 is 11.0 Å². The Morgan fingerprint density at radius 3 is 2.21 bits per heavy atom. The van der Waals surface area contributed by atoms with E-state index in [4.69, 9.17) is 0 Å². The largest absolute Gasteiger partial charge is 0.350 e. The molecule has 0 fully saturated rings. The predicted octanol–water partition coefficient (Wildman–Crippen LogP) is 2.53. The summed E-state index contributed by atoms with van der Waals surface area (Å²) in [7, 11) is 0. The van der Waals surface area contributed by atoms with Crippen LogP contribution in [0.2, 0.25) is 0 Å². The Labute approximate surface area is 161 Å². The molecule has 3 aromatic rings. The van der Waals surface area contributed by atoms with Gasteiger partial charge in [0.1, 0.15) is 6.04 Å². The number of carbonyl (C=O) groups is 1. The summed E-state index contributed by atoms with van der Waals surface area (Å²) in [5, 5.41) is 17.4. The summed E-state index contributed by atoms with van der Waals surface area (Å²) in [6.45, 7) is 0.614. The molecule has 0 radical (unpaired) electrons. The normalized spacial score (nSPS) is 11.6. The van der Waals surface area contributed by atoms with Gasteiger partial charge in [0.2, 0.25) is 5.91 Å². The Balaban J connectivity index is 1.81. The number of aromatic nitrogens is 2. The molecular weight excluding hydrogens is 358 g/mol. The van der Waals surface area contributed by atoms with Crippen LogP contribution in [0, 0.1) is 10.1 Å². The van der Waals surface area contributed by atoms with Gasteiger partial charge in [0, 0.05) is 43.9 Å². The van der Waals surface area contributed by atoms with Gasteiger partial charge in [0.05, 0.1) is 10.5 Å². The van der Waals surface area contributed by atoms with Gasteiger partial charge in [-0.15, -0.1) is 0 Å². The van der Waals surface area contributed by atoms with Gasteiger partial charge >= 0.3 is 0 Å². The number of nitrogens with zero attached hydrogens (tertiary/aromatic N) is 3. The highest BCUT2D eigenvalue weighted by Crippen LogP contribution is 2.25. The number of pyridine rings is 2. The SMILES string of the molecule is O=C(NCc1cccnc1)C(NCc1cccnc1)c1ccccc1[N+](=O)[O-]. The highest BCUT2D eigenvalue weighted by molar-refractivity contribution is 5.84. The van der Waals surface area contributed by atoms with E-state index in [9.17, 15) is 14.9 Å². The highest BCUT2D eigenvalue weighted by Gasteiger charge is 2.27. The smallest absolute Gasteiger partial charge is 0.274 e. The van der Waals surface area contributed by atoms with Crippen LogP contribution in [0.15, 0.2) is 73.3 Å². The maximum atomic E-state index is 12.9. The number of hydrogen-bond donors (Lipinski definition) is 2. The van der Waals surface area contributed by atoms with Crippen LogP contribution in [-0.2, 0) is 17.9 Å². The van der Waals surface area contributed by atoms with Crippen molar-refractivity contribution in [2.75, 3.05) is 0 Å². The number of nitro benzene ring substituents is 1. The van der Waals surface area contributed by atoms with Crippen LogP contribution in [0.3, 0.4) is 0 Å². The number of nitrogens with one attached hydrogen (secondary N) is 2. The zero-order valence-electron chi connectivity index (χ0n) is 15.0. The van der Waals surface area contributed by atoms with Crippen LogP contribution < -0.4 is 10.6 Å². The van der Waals surface area contributed by atoms with E-state index in [2.05, 4.69) is 20.6 Å². The molecule has 1 aromatic carbocycles. The first-order chi connectivity index (χ1) is 13.6. The van der Waals surface area contributed by atoms with E-state index in [-0.39, 0.29) is 18.1 Å². The van der Waals surface area contributed by atoms with Crippen LogP contribution in [0.4, 0.5) is 5.69 Å². The Kier molecular flexibility index (Phi) is 6.37. The second kappa shape index (κ2) is 9.33. The van der Waals surface area contributed by atoms with Gasteiger partial charge in [-0.05, 0) is 23.3 Å². The van der Waals surface area contributed by atoms with Crippen molar-refractivity contribution < 1.29 is 9.72 Å². The number of hydrogen-bond acceptors (Lipinski definition) is 6. The summed E-state index contributed by atoms with van der Waals surface area (Å²) >= 11 is 0. The molecule has 0 saturated carbocycles. The summed E-state index contributed by atoms with van der Waals surface area (Å²) in [5.41, 5.74) is 1.90. The van der Waals surface area contributed by atoms with Gasteiger partial charge in [0.25, 0.3) is 5.69 Å². The number of para-hydroxylation sites is 1. The van der Waals surface area contributed by atoms with Crippen molar-refractivity contribution in [1.29, 1.82) is 0 Å². The molecule has 3 rings (SSSR count). The summed E-state index contributed by atoms with van der Waals surface area (Å²) in [6.07, 6.45) is 6.64. The molecule has 0 saturated heterocycles. The Hall–Kier alpha value is -3.65. The van der Waals surface area contributed by atoms with E-state index in [1.54, 1.807) is 55.1 Å². The molecule has 28 heavy (non-hydrogen) atoms. The zero-order chi connectivity index (χ0) is 19.8. The van der Waals surface area contributed by atoms with Gasteiger partial charge in [-0.1, -0.05) is 30.3 Å². The third kappa shape index (κ3) is 4.95. The minimum absolute atomic E-state index is 0.109. The van der Waals surface area contributed by atoms with E-state index in [0.29, 0.717) is 12.1 Å². The van der Waals surface area contributed by atoms with Crippen molar-refractivity contribution in [3.05, 3.63) is 100 Å². The molecule has 1 amide bonds. The van der Waals surface area contributed by atoms with Crippen LogP contribution in [-0.4, -0.2) is 20.8 Å². The minimum Gasteiger partial charge on any atom is -0.350 e. The van der Waals surface area contributed by atoms with Crippen LogP contribution in [0.25, 0.3) is 0 Å². The number of rotatable bonds is 8. The van der Waals surface area contributed by atoms with E-state index in [0.717, 1.165) is 11.1 Å². The van der Waals surface area contributed by atoms with Crippen LogP contribution >= 0.6 is 0 Å². The lowest BCUT2D eigenvalue weighted by molar-refractivity contribution is -0.385. The van der Waals surface area contributed by atoms with E-state index in [1.807, 2.05) is 12.1 Å². The van der Waals surface area contributed by atoms with E-state index in [1.165, 1.54) is 6.07 Å². The topological polar surface area (TPSA) is 110 Å². The zero-order valence-corrected chi connectivity index (χ0v) is 15.0. The van der Waals surface area contributed by atoms with Crippen molar-refractivity contribution in [1.82, 2.24) is 20.6 Å². The van der Waals surface area contributed by atoms with Crippen molar-refractivity contribution in [2.45, 2.75) is 19.1 Å². The second-order valence-corrected chi connectivity index (χ2v) is 6.07. The Morgan fingerprint density at radius 2 is 1.61 bits per heavy atom. The van der Waals surface area contributed by atoms with Gasteiger partial charge in [0.15, 0.2) is 0 Å². The van der Waals surface area contributed by atoms with Gasteiger partial charge in [-0.2, -0.15) is 0 Å². The molecular formula is C20H19N5O3. The lowest BCUT2D eigenvalue weighted by Crippen LogP contribution is -2.37. The molecule has 0 spiro atoms. The van der Waals surface area contributed by atoms with Crippen LogP contribution in [0.1, 0.15) is 22.7 Å². The number of nitro groups is 1. The predicted molar refractivity (Wildman–Crippen MR) is 103 cm³/mol. The minimum atomic E-state index is -0.890. The molecule has 142 valence electrons. The molecule has 2 aromatic heterocycles. The quantitative estimate of drug-likeness (QED) is 0.461. The van der Waals surface area contributed by atoms with E-state index >= 15 is 0 Å². The number of benzene rings is 1. The first kappa shape index (κ1) is 19.1. The molecule has 0 aliphatic heterocycles. The summed E-state index contributed by atoms with van der Waals surface area (Å²) < 4.78 is 0. The summed E-state index contributed by atoms with van der Waals surface area (Å²) in [4.78, 5) is 31.9. The molecule has 1 unspecified atom stereocenters. The Morgan fingerprint density at radius 1 is 0.964 bits per heavy atom. The number of amides is 1. The maximum Gasteiger partial charge on any atom is 0.274 e. The maximum absolute atomic E-state index is 12.9. The monoisotopic (exact) mass is 377 g/mol. The van der Waals surface area contributed by atoms with Crippen molar-refractivity contribution in [3.8, 4) is 0 Å². The Bertz CT molecular complexity index is 935. The molecule has 0 aliphatic carbocycles. The average Bonchev–Trinajstić information content (AvgIpc) is 2.74. The fourth-order valence-electron chi connectivity index (χ4n) is 2.76. The average molecular weight is 377 g/mol. The fourth-order valence-corrected chi connectivity index (χ4v) is 2.76. The second-order valence-electron chi connectivity index (χ2n) is 6.07. The van der Waals surface area contributed by atoms with Crippen LogP contribution in [0.5, 0.6) is 0 Å². The lowest BCUT2D eigenvalue weighted by Gasteiger charge is -2.19. The fraction of sp³-hybridized carbons (Fsp3) is 0.150. The molecule has 1 atom stereocenters.